The van der Waals surface area contributed by atoms with E-state index in [0.717, 1.165) is 16.5 Å². The van der Waals surface area contributed by atoms with E-state index in [1.807, 2.05) is 23.2 Å². The number of hydrogen-bond donors (Lipinski definition) is 0. The average molecular weight is 382 g/mol. The molecule has 0 radical (unpaired) electrons. The second-order valence-corrected chi connectivity index (χ2v) is 7.29. The molecule has 1 amide bonds. The molecule has 9 heteroatoms. The Morgan fingerprint density at radius 2 is 2.04 bits per heavy atom. The minimum absolute atomic E-state index is 0.301. The van der Waals surface area contributed by atoms with Crippen molar-refractivity contribution in [1.82, 2.24) is 24.8 Å². The first-order valence-corrected chi connectivity index (χ1v) is 9.62. The van der Waals surface area contributed by atoms with Gasteiger partial charge in [-0.2, -0.15) is 10.1 Å². The van der Waals surface area contributed by atoms with E-state index in [0.29, 0.717) is 44.1 Å². The van der Waals surface area contributed by atoms with Gasteiger partial charge in [-0.25, -0.2) is 4.79 Å². The van der Waals surface area contributed by atoms with E-state index in [2.05, 4.69) is 26.0 Å². The van der Waals surface area contributed by atoms with Gasteiger partial charge in [-0.15, -0.1) is 0 Å². The van der Waals surface area contributed by atoms with Crippen molar-refractivity contribution in [1.29, 1.82) is 0 Å². The van der Waals surface area contributed by atoms with Crippen LogP contribution in [-0.2, 0) is 4.74 Å². The minimum atomic E-state index is -0.301. The van der Waals surface area contributed by atoms with Gasteiger partial charge in [0, 0.05) is 37.1 Å². The van der Waals surface area contributed by atoms with Crippen molar-refractivity contribution >= 4 is 22.9 Å². The summed E-state index contributed by atoms with van der Waals surface area (Å²) in [5.41, 5.74) is 1.99. The van der Waals surface area contributed by atoms with Crippen LogP contribution in [0.1, 0.15) is 25.3 Å². The summed E-state index contributed by atoms with van der Waals surface area (Å²) < 4.78 is 12.4. The SMILES string of the molecule is COC(=O)N1CCN(c2noc(-c3ccc4cnn(C5CCC5)c4c3)n2)CC1. The molecular weight excluding hydrogens is 360 g/mol. The van der Waals surface area contributed by atoms with Crippen molar-refractivity contribution in [2.24, 2.45) is 0 Å². The van der Waals surface area contributed by atoms with E-state index in [-0.39, 0.29) is 6.09 Å². The molecule has 1 aliphatic carbocycles. The van der Waals surface area contributed by atoms with Crippen LogP contribution in [-0.4, -0.2) is 64.2 Å². The van der Waals surface area contributed by atoms with Crippen molar-refractivity contribution in [3.05, 3.63) is 24.4 Å². The summed E-state index contributed by atoms with van der Waals surface area (Å²) in [5, 5.41) is 9.82. The lowest BCUT2D eigenvalue weighted by Crippen LogP contribution is -2.49. The highest BCUT2D eigenvalue weighted by Gasteiger charge is 2.25. The predicted octanol–water partition coefficient (Wildman–Crippen LogP) is 2.70. The Morgan fingerprint density at radius 1 is 1.21 bits per heavy atom. The van der Waals surface area contributed by atoms with Gasteiger partial charge in [0.05, 0.1) is 24.9 Å². The molecule has 0 N–H and O–H groups in total. The first-order valence-electron chi connectivity index (χ1n) is 9.62. The average Bonchev–Trinajstić information content (AvgIpc) is 3.34. The number of amides is 1. The Labute approximate surface area is 161 Å². The number of benzene rings is 1. The molecule has 0 unspecified atom stereocenters. The number of nitrogens with zero attached hydrogens (tertiary/aromatic N) is 6. The van der Waals surface area contributed by atoms with Crippen molar-refractivity contribution in [2.45, 2.75) is 25.3 Å². The molecule has 1 aromatic carbocycles. The Morgan fingerprint density at radius 3 is 2.75 bits per heavy atom. The number of piperazine rings is 1. The number of methoxy groups -OCH3 is 1. The molecule has 1 saturated heterocycles. The molecule has 2 aromatic heterocycles. The Balaban J connectivity index is 1.35. The highest BCUT2D eigenvalue weighted by Crippen LogP contribution is 2.34. The normalized spacial score (nSPS) is 17.8. The Kier molecular flexibility index (Phi) is 4.14. The van der Waals surface area contributed by atoms with Crippen LogP contribution in [0.15, 0.2) is 28.9 Å². The van der Waals surface area contributed by atoms with Crippen LogP contribution in [0, 0.1) is 0 Å². The van der Waals surface area contributed by atoms with Gasteiger partial charge in [0.2, 0.25) is 0 Å². The van der Waals surface area contributed by atoms with Crippen LogP contribution in [0.3, 0.4) is 0 Å². The van der Waals surface area contributed by atoms with E-state index >= 15 is 0 Å². The first-order chi connectivity index (χ1) is 13.7. The van der Waals surface area contributed by atoms with Gasteiger partial charge in [0.25, 0.3) is 11.8 Å². The van der Waals surface area contributed by atoms with Crippen molar-refractivity contribution in [3.63, 3.8) is 0 Å². The van der Waals surface area contributed by atoms with E-state index in [9.17, 15) is 4.79 Å². The standard InChI is InChI=1S/C19H22N6O3/c1-27-19(26)24-9-7-23(8-10-24)18-21-17(28-22-18)13-5-6-14-12-20-25(16(14)11-13)15-3-2-4-15/h5-6,11-12,15H,2-4,7-10H2,1H3. The molecule has 3 heterocycles. The van der Waals surface area contributed by atoms with Crippen LogP contribution in [0.4, 0.5) is 10.7 Å². The summed E-state index contributed by atoms with van der Waals surface area (Å²) in [6.45, 7) is 2.43. The molecule has 5 rings (SSSR count). The number of fused-ring (bicyclic) bond motifs is 1. The number of rotatable bonds is 3. The van der Waals surface area contributed by atoms with Gasteiger partial charge in [-0.05, 0) is 36.6 Å². The summed E-state index contributed by atoms with van der Waals surface area (Å²) >= 11 is 0. The van der Waals surface area contributed by atoms with Crippen LogP contribution in [0.25, 0.3) is 22.4 Å². The molecule has 1 saturated carbocycles. The zero-order valence-electron chi connectivity index (χ0n) is 15.7. The Bertz CT molecular complexity index is 1000. The summed E-state index contributed by atoms with van der Waals surface area (Å²) in [4.78, 5) is 19.9. The maximum absolute atomic E-state index is 11.6. The van der Waals surface area contributed by atoms with E-state index in [1.54, 1.807) is 4.90 Å². The third-order valence-corrected chi connectivity index (χ3v) is 5.68. The molecule has 28 heavy (non-hydrogen) atoms. The predicted molar refractivity (Wildman–Crippen MR) is 102 cm³/mol. The van der Waals surface area contributed by atoms with Gasteiger partial charge in [-0.1, -0.05) is 6.07 Å². The summed E-state index contributed by atoms with van der Waals surface area (Å²) in [6.07, 6.45) is 5.25. The molecule has 0 atom stereocenters. The minimum Gasteiger partial charge on any atom is -0.453 e. The first kappa shape index (κ1) is 17.0. The number of anilines is 1. The molecule has 9 nitrogen and oxygen atoms in total. The van der Waals surface area contributed by atoms with Crippen molar-refractivity contribution in [2.75, 3.05) is 38.2 Å². The summed E-state index contributed by atoms with van der Waals surface area (Å²) in [6, 6.07) is 6.61. The van der Waals surface area contributed by atoms with E-state index < -0.39 is 0 Å². The van der Waals surface area contributed by atoms with Crippen molar-refractivity contribution in [3.8, 4) is 11.5 Å². The second-order valence-electron chi connectivity index (χ2n) is 7.29. The summed E-state index contributed by atoms with van der Waals surface area (Å²) in [5.74, 6) is 1.04. The molecule has 1 aliphatic heterocycles. The van der Waals surface area contributed by atoms with Crippen LogP contribution < -0.4 is 4.90 Å². The highest BCUT2D eigenvalue weighted by molar-refractivity contribution is 5.83. The lowest BCUT2D eigenvalue weighted by molar-refractivity contribution is 0.121. The highest BCUT2D eigenvalue weighted by atomic mass is 16.5. The Hall–Kier alpha value is -3.10. The summed E-state index contributed by atoms with van der Waals surface area (Å²) in [7, 11) is 1.40. The zero-order chi connectivity index (χ0) is 19.1. The van der Waals surface area contributed by atoms with Gasteiger partial charge in [-0.3, -0.25) is 4.68 Å². The zero-order valence-corrected chi connectivity index (χ0v) is 15.7. The molecule has 0 bridgehead atoms. The number of ether oxygens (including phenoxy) is 1. The fourth-order valence-electron chi connectivity index (χ4n) is 3.77. The van der Waals surface area contributed by atoms with Gasteiger partial charge >= 0.3 is 6.09 Å². The second kappa shape index (κ2) is 6.81. The lowest BCUT2D eigenvalue weighted by atomic mass is 9.93. The fraction of sp³-hybridized carbons (Fsp3) is 0.474. The van der Waals surface area contributed by atoms with Gasteiger partial charge in [0.1, 0.15) is 0 Å². The topological polar surface area (TPSA) is 89.5 Å². The maximum Gasteiger partial charge on any atom is 0.409 e. The van der Waals surface area contributed by atoms with Crippen LogP contribution in [0.2, 0.25) is 0 Å². The largest absolute Gasteiger partial charge is 0.453 e. The number of hydrogen-bond acceptors (Lipinski definition) is 7. The number of aromatic nitrogens is 4. The molecule has 3 aromatic rings. The maximum atomic E-state index is 11.6. The van der Waals surface area contributed by atoms with Crippen LogP contribution >= 0.6 is 0 Å². The van der Waals surface area contributed by atoms with E-state index in [4.69, 9.17) is 9.26 Å². The molecule has 2 aliphatic rings. The quantitative estimate of drug-likeness (QED) is 0.688. The third kappa shape index (κ3) is 2.87. The number of carbonyl (C=O) groups is 1. The molecular formula is C19H22N6O3. The molecule has 2 fully saturated rings. The lowest BCUT2D eigenvalue weighted by Gasteiger charge is -2.32. The third-order valence-electron chi connectivity index (χ3n) is 5.68. The van der Waals surface area contributed by atoms with Crippen molar-refractivity contribution < 1.29 is 14.1 Å². The number of carbonyl (C=O) groups excluding carboxylic acids is 1. The fourth-order valence-corrected chi connectivity index (χ4v) is 3.77. The van der Waals surface area contributed by atoms with Gasteiger partial charge < -0.3 is 19.1 Å². The van der Waals surface area contributed by atoms with E-state index in [1.165, 1.54) is 26.4 Å². The smallest absolute Gasteiger partial charge is 0.409 e. The van der Waals surface area contributed by atoms with Gasteiger partial charge in [0.15, 0.2) is 0 Å². The van der Waals surface area contributed by atoms with Crippen LogP contribution in [0.5, 0.6) is 0 Å². The monoisotopic (exact) mass is 382 g/mol. The molecule has 0 spiro atoms. The molecule has 146 valence electrons.